The Bertz CT molecular complexity index is 574. The molecular weight excluding hydrogens is 276 g/mol. The number of nitrogens with one attached hydrogen (secondary N) is 1. The normalized spacial score (nSPS) is 11.9. The van der Waals surface area contributed by atoms with E-state index in [9.17, 15) is 4.79 Å². The molecule has 0 aliphatic heterocycles. The Balaban J connectivity index is 1.90. The minimum Gasteiger partial charge on any atom is -0.344 e. The second-order valence-corrected chi connectivity index (χ2v) is 5.24. The number of nitrogens with two attached hydrogens (primary N) is 1. The molecule has 0 unspecified atom stereocenters. The van der Waals surface area contributed by atoms with E-state index in [4.69, 9.17) is 5.84 Å². The van der Waals surface area contributed by atoms with E-state index >= 15 is 0 Å². The number of pyridine rings is 1. The number of aromatic nitrogens is 1. The van der Waals surface area contributed by atoms with Crippen LogP contribution in [0.2, 0.25) is 0 Å². The van der Waals surface area contributed by atoms with Crippen LogP contribution in [0.1, 0.15) is 11.3 Å². The summed E-state index contributed by atoms with van der Waals surface area (Å²) >= 11 is 0. The van der Waals surface area contributed by atoms with Gasteiger partial charge in [0, 0.05) is 31.9 Å². The average molecular weight is 298 g/mol. The molecule has 0 radical (unpaired) electrons. The smallest absolute Gasteiger partial charge is 0.241 e. The monoisotopic (exact) mass is 298 g/mol. The highest BCUT2D eigenvalue weighted by atomic mass is 16.2. The van der Waals surface area contributed by atoms with Crippen molar-refractivity contribution in [3.63, 3.8) is 0 Å². The van der Waals surface area contributed by atoms with E-state index in [2.05, 4.69) is 10.4 Å². The summed E-state index contributed by atoms with van der Waals surface area (Å²) in [6, 6.07) is 15.2. The number of hydrazine groups is 1. The highest BCUT2D eigenvalue weighted by Gasteiger charge is 2.21. The highest BCUT2D eigenvalue weighted by molar-refractivity contribution is 5.81. The highest BCUT2D eigenvalue weighted by Crippen LogP contribution is 2.05. The van der Waals surface area contributed by atoms with Gasteiger partial charge in [0.05, 0.1) is 0 Å². The molecule has 5 heteroatoms. The molecular formula is C17H22N4O. The first-order valence-corrected chi connectivity index (χ1v) is 7.35. The predicted molar refractivity (Wildman–Crippen MR) is 86.8 cm³/mol. The summed E-state index contributed by atoms with van der Waals surface area (Å²) in [6.07, 6.45) is 3.06. The van der Waals surface area contributed by atoms with Crippen molar-refractivity contribution in [1.29, 1.82) is 0 Å². The Morgan fingerprint density at radius 2 is 1.95 bits per heavy atom. The second-order valence-electron chi connectivity index (χ2n) is 5.24. The molecule has 3 N–H and O–H groups in total. The van der Waals surface area contributed by atoms with Gasteiger partial charge in [0.25, 0.3) is 0 Å². The van der Waals surface area contributed by atoms with Crippen LogP contribution in [0.3, 0.4) is 0 Å². The van der Waals surface area contributed by atoms with Crippen LogP contribution >= 0.6 is 0 Å². The van der Waals surface area contributed by atoms with Crippen LogP contribution in [0.25, 0.3) is 0 Å². The van der Waals surface area contributed by atoms with Crippen molar-refractivity contribution in [1.82, 2.24) is 15.3 Å². The molecule has 0 spiro atoms. The van der Waals surface area contributed by atoms with E-state index in [0.717, 1.165) is 17.7 Å². The zero-order valence-corrected chi connectivity index (χ0v) is 12.8. The molecule has 2 aromatic rings. The van der Waals surface area contributed by atoms with Crippen LogP contribution in [0.15, 0.2) is 54.7 Å². The van der Waals surface area contributed by atoms with E-state index in [1.807, 2.05) is 48.5 Å². The van der Waals surface area contributed by atoms with Crippen molar-refractivity contribution in [3.05, 3.63) is 66.0 Å². The van der Waals surface area contributed by atoms with Crippen molar-refractivity contribution in [2.75, 3.05) is 13.6 Å². The summed E-state index contributed by atoms with van der Waals surface area (Å²) in [5, 5.41) is 0. The number of nitrogens with zero attached hydrogens (tertiary/aromatic N) is 2. The van der Waals surface area contributed by atoms with Gasteiger partial charge >= 0.3 is 0 Å². The molecule has 1 heterocycles. The number of carbonyl (C=O) groups is 1. The number of amides is 1. The fourth-order valence-electron chi connectivity index (χ4n) is 2.27. The van der Waals surface area contributed by atoms with Crippen molar-refractivity contribution >= 4 is 5.91 Å². The molecule has 2 rings (SSSR count). The van der Waals surface area contributed by atoms with Crippen LogP contribution in [0, 0.1) is 0 Å². The van der Waals surface area contributed by atoms with Gasteiger partial charge in [-0.25, -0.2) is 5.43 Å². The summed E-state index contributed by atoms with van der Waals surface area (Å²) in [5.41, 5.74) is 4.68. The predicted octanol–water partition coefficient (Wildman–Crippen LogP) is 1.16. The lowest BCUT2D eigenvalue weighted by Crippen LogP contribution is -2.49. The molecule has 1 atom stereocenters. The van der Waals surface area contributed by atoms with Gasteiger partial charge in [-0.15, -0.1) is 0 Å². The number of hydrogen-bond donors (Lipinski definition) is 2. The molecule has 0 bridgehead atoms. The summed E-state index contributed by atoms with van der Waals surface area (Å²) in [6.45, 7) is 0.614. The van der Waals surface area contributed by atoms with Gasteiger partial charge < -0.3 is 4.90 Å². The molecule has 0 saturated heterocycles. The van der Waals surface area contributed by atoms with Crippen LogP contribution in [0.4, 0.5) is 0 Å². The van der Waals surface area contributed by atoms with Gasteiger partial charge in [0.15, 0.2) is 0 Å². The largest absolute Gasteiger partial charge is 0.344 e. The Labute approximate surface area is 131 Å². The Morgan fingerprint density at radius 1 is 1.23 bits per heavy atom. The van der Waals surface area contributed by atoms with Crippen LogP contribution in [-0.2, 0) is 17.6 Å². The number of benzene rings is 1. The third-order valence-corrected chi connectivity index (χ3v) is 3.59. The van der Waals surface area contributed by atoms with Crippen LogP contribution in [0.5, 0.6) is 0 Å². The van der Waals surface area contributed by atoms with Crippen molar-refractivity contribution in [3.8, 4) is 0 Å². The lowest BCUT2D eigenvalue weighted by atomic mass is 10.1. The van der Waals surface area contributed by atoms with E-state index in [-0.39, 0.29) is 5.91 Å². The molecule has 0 fully saturated rings. The standard InChI is InChI=1S/C17H22N4O/c1-21(12-10-15-9-5-6-11-19-15)17(22)16(20-18)13-14-7-3-2-4-8-14/h2-9,11,16,20H,10,12-13,18H2,1H3/t16-/m0/s1. The third kappa shape index (κ3) is 4.65. The molecule has 0 aliphatic carbocycles. The van der Waals surface area contributed by atoms with E-state index < -0.39 is 6.04 Å². The van der Waals surface area contributed by atoms with Gasteiger partial charge in [-0.05, 0) is 24.1 Å². The minimum atomic E-state index is -0.420. The Kier molecular flexibility index (Phi) is 6.06. The van der Waals surface area contributed by atoms with Gasteiger partial charge in [-0.1, -0.05) is 36.4 Å². The molecule has 1 aromatic heterocycles. The number of rotatable bonds is 7. The lowest BCUT2D eigenvalue weighted by molar-refractivity contribution is -0.132. The number of hydrogen-bond acceptors (Lipinski definition) is 4. The van der Waals surface area contributed by atoms with Gasteiger partial charge in [-0.2, -0.15) is 0 Å². The molecule has 0 aliphatic rings. The maximum Gasteiger partial charge on any atom is 0.241 e. The van der Waals surface area contributed by atoms with E-state index in [1.54, 1.807) is 18.1 Å². The number of carbonyl (C=O) groups excluding carboxylic acids is 1. The third-order valence-electron chi connectivity index (χ3n) is 3.59. The summed E-state index contributed by atoms with van der Waals surface area (Å²) in [5.74, 6) is 5.54. The van der Waals surface area contributed by atoms with Crippen molar-refractivity contribution < 1.29 is 4.79 Å². The lowest BCUT2D eigenvalue weighted by Gasteiger charge is -2.23. The Morgan fingerprint density at radius 3 is 2.59 bits per heavy atom. The summed E-state index contributed by atoms with van der Waals surface area (Å²) in [7, 11) is 1.79. The second kappa shape index (κ2) is 8.26. The number of likely N-dealkylation sites (N-methyl/N-ethyl adjacent to an activating group) is 1. The summed E-state index contributed by atoms with van der Waals surface area (Å²) < 4.78 is 0. The zero-order chi connectivity index (χ0) is 15.8. The van der Waals surface area contributed by atoms with Gasteiger partial charge in [-0.3, -0.25) is 15.6 Å². The van der Waals surface area contributed by atoms with Gasteiger partial charge in [0.2, 0.25) is 5.91 Å². The minimum absolute atomic E-state index is 0.0118. The molecule has 116 valence electrons. The average Bonchev–Trinajstić information content (AvgIpc) is 2.58. The van der Waals surface area contributed by atoms with Crippen LogP contribution < -0.4 is 11.3 Å². The summed E-state index contributed by atoms with van der Waals surface area (Å²) in [4.78, 5) is 18.4. The van der Waals surface area contributed by atoms with E-state index in [1.165, 1.54) is 0 Å². The fraction of sp³-hybridized carbons (Fsp3) is 0.294. The zero-order valence-electron chi connectivity index (χ0n) is 12.8. The first kappa shape index (κ1) is 16.1. The van der Waals surface area contributed by atoms with Crippen LogP contribution in [-0.4, -0.2) is 35.4 Å². The van der Waals surface area contributed by atoms with Crippen molar-refractivity contribution in [2.24, 2.45) is 5.84 Å². The van der Waals surface area contributed by atoms with E-state index in [0.29, 0.717) is 13.0 Å². The first-order valence-electron chi connectivity index (χ1n) is 7.35. The molecule has 1 aromatic carbocycles. The molecule has 1 amide bonds. The van der Waals surface area contributed by atoms with Gasteiger partial charge in [0.1, 0.15) is 6.04 Å². The fourth-order valence-corrected chi connectivity index (χ4v) is 2.27. The SMILES string of the molecule is CN(CCc1ccccn1)C(=O)[C@H](Cc1ccccc1)NN. The molecule has 22 heavy (non-hydrogen) atoms. The maximum absolute atomic E-state index is 12.5. The maximum atomic E-state index is 12.5. The quantitative estimate of drug-likeness (QED) is 0.594. The van der Waals surface area contributed by atoms with Crippen molar-refractivity contribution in [2.45, 2.75) is 18.9 Å². The molecule has 5 nitrogen and oxygen atoms in total. The topological polar surface area (TPSA) is 71.2 Å². The Hall–Kier alpha value is -2.24. The first-order chi connectivity index (χ1) is 10.7. The molecule has 0 saturated carbocycles.